The van der Waals surface area contributed by atoms with E-state index in [4.69, 9.17) is 4.74 Å². The summed E-state index contributed by atoms with van der Waals surface area (Å²) in [5.74, 6) is 0.754. The minimum atomic E-state index is -0.200. The Morgan fingerprint density at radius 2 is 1.93 bits per heavy atom. The highest BCUT2D eigenvalue weighted by Crippen LogP contribution is 2.37. The molecule has 2 atom stereocenters. The van der Waals surface area contributed by atoms with E-state index in [-0.39, 0.29) is 23.8 Å². The van der Waals surface area contributed by atoms with Gasteiger partial charge < -0.3 is 19.5 Å². The Morgan fingerprint density at radius 1 is 1.17 bits per heavy atom. The number of amides is 2. The molecule has 1 aromatic heterocycles. The van der Waals surface area contributed by atoms with Crippen LogP contribution < -0.4 is 10.9 Å². The molecule has 2 amide bonds. The second kappa shape index (κ2) is 8.89. The molecule has 2 saturated heterocycles. The Morgan fingerprint density at radius 3 is 2.63 bits per heavy atom. The van der Waals surface area contributed by atoms with Crippen LogP contribution in [0.2, 0.25) is 0 Å². The van der Waals surface area contributed by atoms with Gasteiger partial charge in [-0.05, 0) is 37.3 Å². The van der Waals surface area contributed by atoms with Crippen molar-refractivity contribution in [3.63, 3.8) is 0 Å². The number of rotatable bonds is 5. The van der Waals surface area contributed by atoms with Gasteiger partial charge in [-0.3, -0.25) is 19.3 Å². The minimum absolute atomic E-state index is 0.101. The van der Waals surface area contributed by atoms with Crippen LogP contribution in [0.3, 0.4) is 0 Å². The van der Waals surface area contributed by atoms with Crippen molar-refractivity contribution in [3.8, 4) is 0 Å². The number of ether oxygens (including phenoxy) is 1. The van der Waals surface area contributed by atoms with Crippen LogP contribution in [-0.4, -0.2) is 72.1 Å². The minimum Gasteiger partial charge on any atom is -0.384 e. The Labute approximate surface area is 177 Å². The average molecular weight is 417 g/mol. The first-order chi connectivity index (χ1) is 14.5. The van der Waals surface area contributed by atoms with Crippen LogP contribution in [0.15, 0.2) is 16.9 Å². The highest BCUT2D eigenvalue weighted by molar-refractivity contribution is 5.90. The number of carbonyl (C=O) groups is 2. The lowest BCUT2D eigenvalue weighted by Gasteiger charge is -2.47. The highest BCUT2D eigenvalue weighted by atomic mass is 16.5. The molecule has 3 aliphatic heterocycles. The number of aromatic nitrogens is 1. The van der Waals surface area contributed by atoms with E-state index in [0.29, 0.717) is 36.7 Å². The van der Waals surface area contributed by atoms with Gasteiger partial charge in [0.15, 0.2) is 0 Å². The van der Waals surface area contributed by atoms with Crippen molar-refractivity contribution in [3.05, 3.63) is 28.2 Å². The molecular formula is C22H32N4O4. The first-order valence-corrected chi connectivity index (χ1v) is 11.0. The predicted molar refractivity (Wildman–Crippen MR) is 114 cm³/mol. The van der Waals surface area contributed by atoms with Crippen LogP contribution in [0.4, 0.5) is 5.69 Å². The summed E-state index contributed by atoms with van der Waals surface area (Å²) in [6.07, 6.45) is 3.40. The van der Waals surface area contributed by atoms with E-state index in [2.05, 4.69) is 10.2 Å². The van der Waals surface area contributed by atoms with E-state index in [1.54, 1.807) is 20.1 Å². The molecule has 30 heavy (non-hydrogen) atoms. The normalized spacial score (nSPS) is 24.4. The van der Waals surface area contributed by atoms with E-state index < -0.39 is 0 Å². The van der Waals surface area contributed by atoms with Gasteiger partial charge in [-0.15, -0.1) is 0 Å². The van der Waals surface area contributed by atoms with Crippen molar-refractivity contribution >= 4 is 17.5 Å². The molecular weight excluding hydrogens is 384 g/mol. The monoisotopic (exact) mass is 416 g/mol. The van der Waals surface area contributed by atoms with Gasteiger partial charge in [-0.2, -0.15) is 0 Å². The predicted octanol–water partition coefficient (Wildman–Crippen LogP) is 1.25. The maximum Gasteiger partial charge on any atom is 0.274 e. The maximum absolute atomic E-state index is 13.0. The number of hydrogen-bond acceptors (Lipinski definition) is 5. The van der Waals surface area contributed by atoms with E-state index >= 15 is 0 Å². The summed E-state index contributed by atoms with van der Waals surface area (Å²) in [4.78, 5) is 41.1. The Kier molecular flexibility index (Phi) is 6.24. The van der Waals surface area contributed by atoms with Crippen molar-refractivity contribution < 1.29 is 14.3 Å². The van der Waals surface area contributed by atoms with Crippen LogP contribution in [0.1, 0.15) is 44.2 Å². The fourth-order valence-electron chi connectivity index (χ4n) is 5.33. The standard InChI is InChI=1S/C22H32N4O4/c1-15(27)24-8-5-18(6-9-24)25-12-16-11-17(14-25)20-4-3-19(22(29)26(20)13-16)23-21(28)7-10-30-2/h3-4,16-18H,5-14H2,1-2H3,(H,23,28)/t16-,17-/m1/s1. The van der Waals surface area contributed by atoms with Crippen molar-refractivity contribution in [1.82, 2.24) is 14.4 Å². The fourth-order valence-corrected chi connectivity index (χ4v) is 5.33. The van der Waals surface area contributed by atoms with Gasteiger partial charge in [0.2, 0.25) is 11.8 Å². The lowest BCUT2D eigenvalue weighted by molar-refractivity contribution is -0.130. The smallest absolute Gasteiger partial charge is 0.274 e. The summed E-state index contributed by atoms with van der Waals surface area (Å²) in [5.41, 5.74) is 1.33. The molecule has 4 heterocycles. The number of methoxy groups -OCH3 is 1. The first kappa shape index (κ1) is 21.1. The molecule has 3 aliphatic rings. The zero-order chi connectivity index (χ0) is 21.3. The van der Waals surface area contributed by atoms with Gasteiger partial charge in [0.25, 0.3) is 5.56 Å². The van der Waals surface area contributed by atoms with Crippen LogP contribution in [0.5, 0.6) is 0 Å². The van der Waals surface area contributed by atoms with E-state index in [0.717, 1.165) is 51.1 Å². The summed E-state index contributed by atoms with van der Waals surface area (Å²) >= 11 is 0. The molecule has 0 radical (unpaired) electrons. The number of pyridine rings is 1. The number of hydrogen-bond donors (Lipinski definition) is 1. The van der Waals surface area contributed by atoms with E-state index in [1.807, 2.05) is 15.5 Å². The van der Waals surface area contributed by atoms with Crippen molar-refractivity contribution in [2.75, 3.05) is 45.2 Å². The summed E-state index contributed by atoms with van der Waals surface area (Å²) < 4.78 is 6.81. The number of fused-ring (bicyclic) bond motifs is 4. The number of carbonyl (C=O) groups excluding carboxylic acids is 2. The molecule has 2 bridgehead atoms. The van der Waals surface area contributed by atoms with Gasteiger partial charge >= 0.3 is 0 Å². The summed E-state index contributed by atoms with van der Waals surface area (Å²) in [7, 11) is 1.55. The molecule has 8 nitrogen and oxygen atoms in total. The lowest BCUT2D eigenvalue weighted by atomic mass is 9.82. The highest BCUT2D eigenvalue weighted by Gasteiger charge is 2.38. The molecule has 1 aromatic rings. The Balaban J connectivity index is 1.45. The van der Waals surface area contributed by atoms with Gasteiger partial charge in [0, 0.05) is 64.4 Å². The van der Waals surface area contributed by atoms with Crippen molar-refractivity contribution in [1.29, 1.82) is 0 Å². The molecule has 1 N–H and O–H groups in total. The quantitative estimate of drug-likeness (QED) is 0.781. The number of nitrogens with one attached hydrogen (secondary N) is 1. The molecule has 0 aliphatic carbocycles. The largest absolute Gasteiger partial charge is 0.384 e. The lowest BCUT2D eigenvalue weighted by Crippen LogP contribution is -2.53. The van der Waals surface area contributed by atoms with Crippen molar-refractivity contribution in [2.45, 2.75) is 51.1 Å². The number of anilines is 1. The zero-order valence-electron chi connectivity index (χ0n) is 17.9. The van der Waals surface area contributed by atoms with Gasteiger partial charge in [0.1, 0.15) is 5.69 Å². The molecule has 8 heteroatoms. The van der Waals surface area contributed by atoms with Crippen LogP contribution in [-0.2, 0) is 20.9 Å². The van der Waals surface area contributed by atoms with Crippen LogP contribution in [0, 0.1) is 5.92 Å². The molecule has 2 fully saturated rings. The molecule has 0 unspecified atom stereocenters. The topological polar surface area (TPSA) is 83.9 Å². The van der Waals surface area contributed by atoms with Crippen LogP contribution >= 0.6 is 0 Å². The number of piperidine rings is 2. The molecule has 164 valence electrons. The molecule has 0 aromatic carbocycles. The van der Waals surface area contributed by atoms with Gasteiger partial charge in [0.05, 0.1) is 13.0 Å². The summed E-state index contributed by atoms with van der Waals surface area (Å²) in [6.45, 7) is 6.33. The van der Waals surface area contributed by atoms with Crippen LogP contribution in [0.25, 0.3) is 0 Å². The summed E-state index contributed by atoms with van der Waals surface area (Å²) in [5, 5.41) is 2.74. The van der Waals surface area contributed by atoms with Gasteiger partial charge in [-0.1, -0.05) is 0 Å². The Bertz CT molecular complexity index is 859. The summed E-state index contributed by atoms with van der Waals surface area (Å²) in [6, 6.07) is 4.28. The molecule has 0 spiro atoms. The fraction of sp³-hybridized carbons (Fsp3) is 0.682. The third-order valence-corrected chi connectivity index (χ3v) is 6.87. The first-order valence-electron chi connectivity index (χ1n) is 11.0. The zero-order valence-corrected chi connectivity index (χ0v) is 17.9. The number of likely N-dealkylation sites (tertiary alicyclic amines) is 2. The maximum atomic E-state index is 13.0. The van der Waals surface area contributed by atoms with E-state index in [9.17, 15) is 14.4 Å². The van der Waals surface area contributed by atoms with Gasteiger partial charge in [-0.25, -0.2) is 0 Å². The molecule has 0 saturated carbocycles. The van der Waals surface area contributed by atoms with Crippen molar-refractivity contribution in [2.24, 2.45) is 5.92 Å². The Hall–Kier alpha value is -2.19. The third-order valence-electron chi connectivity index (χ3n) is 6.87. The second-order valence-electron chi connectivity index (χ2n) is 8.87. The number of nitrogens with zero attached hydrogens (tertiary/aromatic N) is 3. The van der Waals surface area contributed by atoms with E-state index in [1.165, 1.54) is 0 Å². The molecule has 4 rings (SSSR count). The third kappa shape index (κ3) is 4.30. The SMILES string of the molecule is COCCC(=O)Nc1ccc2n(c1=O)C[C@@H]1C[C@@H]2CN(C2CCN(C(C)=O)CC2)C1. The second-order valence-corrected chi connectivity index (χ2v) is 8.87. The average Bonchev–Trinajstić information content (AvgIpc) is 2.74.